The predicted octanol–water partition coefficient (Wildman–Crippen LogP) is 6.63. The number of nitrogens with one attached hydrogen (secondary N) is 1. The third-order valence-electron chi connectivity index (χ3n) is 5.42. The molecule has 0 saturated carbocycles. The number of hydrogen-bond donors (Lipinski definition) is 1. The molecule has 0 saturated heterocycles. The molecule has 0 heterocycles. The largest absolute Gasteiger partial charge is 0.489 e. The zero-order valence-corrected chi connectivity index (χ0v) is 20.4. The number of rotatable bonds is 9. The maximum absolute atomic E-state index is 12.9. The highest BCUT2D eigenvalue weighted by Crippen LogP contribution is 2.34. The van der Waals surface area contributed by atoms with Crippen LogP contribution in [0.3, 0.4) is 0 Å². The molecular weight excluding hydrogens is 492 g/mol. The molecule has 1 N–H and O–H groups in total. The van der Waals surface area contributed by atoms with Crippen LogP contribution < -0.4 is 14.9 Å². The molecule has 34 heavy (non-hydrogen) atoms. The van der Waals surface area contributed by atoms with Gasteiger partial charge in [-0.25, -0.2) is 5.43 Å². The molecule has 0 bridgehead atoms. The number of nitrogens with zero attached hydrogens (tertiary/aromatic N) is 1. The van der Waals surface area contributed by atoms with Gasteiger partial charge in [0, 0.05) is 5.56 Å². The van der Waals surface area contributed by atoms with Crippen molar-refractivity contribution in [1.29, 1.82) is 0 Å². The number of ether oxygens (including phenoxy) is 2. The Balaban J connectivity index is 1.52. The van der Waals surface area contributed by atoms with E-state index in [4.69, 9.17) is 9.47 Å². The molecule has 4 aromatic carbocycles. The van der Waals surface area contributed by atoms with Crippen LogP contribution in [0, 0.1) is 0 Å². The Hall–Kier alpha value is -3.64. The Labute approximate surface area is 207 Å². The zero-order valence-electron chi connectivity index (χ0n) is 18.8. The smallest absolute Gasteiger partial charge is 0.281 e. The SMILES string of the molecule is C=CCOc1ccc2ccccc2c1/C=N/NC(=O)[C@@H](CC)Oc1ccc2ccccc2c1Br. The van der Waals surface area contributed by atoms with Crippen molar-refractivity contribution < 1.29 is 14.3 Å². The second-order valence-corrected chi connectivity index (χ2v) is 8.44. The monoisotopic (exact) mass is 516 g/mol. The summed E-state index contributed by atoms with van der Waals surface area (Å²) in [6.07, 6.45) is 3.09. The summed E-state index contributed by atoms with van der Waals surface area (Å²) in [6, 6.07) is 23.7. The topological polar surface area (TPSA) is 59.9 Å². The van der Waals surface area contributed by atoms with Crippen molar-refractivity contribution in [1.82, 2.24) is 5.43 Å². The molecule has 172 valence electrons. The first-order chi connectivity index (χ1) is 16.6. The average molecular weight is 517 g/mol. The number of carbonyl (C=O) groups is 1. The standard InChI is InChI=1S/C28H25BrN2O3/c1-3-17-33-25-15-13-19-9-5-7-11-21(19)23(25)18-30-31-28(32)24(4-2)34-26-16-14-20-10-6-8-12-22(20)27(26)29/h3,5-16,18,24H,1,4,17H2,2H3,(H,31,32)/b30-18+/t24-/m1/s1. The van der Waals surface area contributed by atoms with Gasteiger partial charge in [0.1, 0.15) is 18.1 Å². The van der Waals surface area contributed by atoms with Gasteiger partial charge in [-0.1, -0.05) is 80.2 Å². The van der Waals surface area contributed by atoms with Crippen LogP contribution in [0.5, 0.6) is 11.5 Å². The van der Waals surface area contributed by atoms with Gasteiger partial charge < -0.3 is 9.47 Å². The van der Waals surface area contributed by atoms with E-state index in [0.29, 0.717) is 24.5 Å². The molecule has 0 aliphatic carbocycles. The van der Waals surface area contributed by atoms with Crippen molar-refractivity contribution in [2.24, 2.45) is 5.10 Å². The number of hydrogen-bond acceptors (Lipinski definition) is 4. The molecule has 5 nitrogen and oxygen atoms in total. The number of carbonyl (C=O) groups excluding carboxylic acids is 1. The number of benzene rings is 4. The van der Waals surface area contributed by atoms with Crippen LogP contribution in [0.1, 0.15) is 18.9 Å². The summed E-state index contributed by atoms with van der Waals surface area (Å²) in [5.41, 5.74) is 3.41. The second-order valence-electron chi connectivity index (χ2n) is 7.65. The summed E-state index contributed by atoms with van der Waals surface area (Å²) < 4.78 is 12.7. The second kappa shape index (κ2) is 11.0. The van der Waals surface area contributed by atoms with Gasteiger partial charge in [0.05, 0.1) is 10.7 Å². The van der Waals surface area contributed by atoms with E-state index in [1.807, 2.05) is 79.7 Å². The quantitative estimate of drug-likeness (QED) is 0.154. The van der Waals surface area contributed by atoms with Crippen LogP contribution in [-0.4, -0.2) is 24.8 Å². The first-order valence-electron chi connectivity index (χ1n) is 11.0. The van der Waals surface area contributed by atoms with Gasteiger partial charge in [-0.3, -0.25) is 4.79 Å². The van der Waals surface area contributed by atoms with Gasteiger partial charge in [-0.15, -0.1) is 0 Å². The summed E-state index contributed by atoms with van der Waals surface area (Å²) >= 11 is 3.62. The molecule has 0 aliphatic heterocycles. The normalized spacial score (nSPS) is 12.1. The van der Waals surface area contributed by atoms with E-state index in [9.17, 15) is 4.79 Å². The fraction of sp³-hybridized carbons (Fsp3) is 0.143. The zero-order chi connectivity index (χ0) is 23.9. The number of hydrazone groups is 1. The van der Waals surface area contributed by atoms with Gasteiger partial charge in [0.15, 0.2) is 6.10 Å². The fourth-order valence-electron chi connectivity index (χ4n) is 3.70. The third kappa shape index (κ3) is 5.13. The molecule has 4 rings (SSSR count). The average Bonchev–Trinajstić information content (AvgIpc) is 2.87. The lowest BCUT2D eigenvalue weighted by atomic mass is 10.0. The van der Waals surface area contributed by atoms with Crippen molar-refractivity contribution in [3.05, 3.63) is 95.5 Å². The highest BCUT2D eigenvalue weighted by atomic mass is 79.9. The molecule has 0 spiro atoms. The van der Waals surface area contributed by atoms with Gasteiger partial charge in [0.25, 0.3) is 5.91 Å². The molecule has 1 amide bonds. The molecule has 0 radical (unpaired) electrons. The van der Waals surface area contributed by atoms with E-state index < -0.39 is 6.10 Å². The Bertz CT molecular complexity index is 1370. The van der Waals surface area contributed by atoms with E-state index in [0.717, 1.165) is 31.6 Å². The molecule has 0 aromatic heterocycles. The summed E-state index contributed by atoms with van der Waals surface area (Å²) in [6.45, 7) is 5.98. The highest BCUT2D eigenvalue weighted by molar-refractivity contribution is 9.10. The maximum Gasteiger partial charge on any atom is 0.281 e. The van der Waals surface area contributed by atoms with Crippen LogP contribution in [-0.2, 0) is 4.79 Å². The van der Waals surface area contributed by atoms with E-state index in [-0.39, 0.29) is 5.91 Å². The molecule has 0 unspecified atom stereocenters. The minimum atomic E-state index is -0.696. The summed E-state index contributed by atoms with van der Waals surface area (Å²) in [7, 11) is 0. The Morgan fingerprint density at radius 1 is 1.00 bits per heavy atom. The van der Waals surface area contributed by atoms with Crippen LogP contribution in [0.4, 0.5) is 0 Å². The van der Waals surface area contributed by atoms with Crippen LogP contribution >= 0.6 is 15.9 Å². The number of amides is 1. The minimum absolute atomic E-state index is 0.326. The van der Waals surface area contributed by atoms with Crippen molar-refractivity contribution in [2.45, 2.75) is 19.4 Å². The predicted molar refractivity (Wildman–Crippen MR) is 142 cm³/mol. The fourth-order valence-corrected chi connectivity index (χ4v) is 4.28. The minimum Gasteiger partial charge on any atom is -0.489 e. The molecule has 6 heteroatoms. The Kier molecular flexibility index (Phi) is 7.60. The van der Waals surface area contributed by atoms with Crippen molar-refractivity contribution in [3.8, 4) is 11.5 Å². The van der Waals surface area contributed by atoms with Gasteiger partial charge >= 0.3 is 0 Å². The summed E-state index contributed by atoms with van der Waals surface area (Å²) in [4.78, 5) is 12.9. The number of halogens is 1. The van der Waals surface area contributed by atoms with Gasteiger partial charge in [-0.2, -0.15) is 5.10 Å². The van der Waals surface area contributed by atoms with E-state index >= 15 is 0 Å². The summed E-state index contributed by atoms with van der Waals surface area (Å²) in [5, 5.41) is 8.37. The first kappa shape index (κ1) is 23.5. The van der Waals surface area contributed by atoms with Gasteiger partial charge in [-0.05, 0) is 56.0 Å². The van der Waals surface area contributed by atoms with Crippen molar-refractivity contribution in [3.63, 3.8) is 0 Å². The van der Waals surface area contributed by atoms with Crippen LogP contribution in [0.15, 0.2) is 95.0 Å². The molecule has 1 atom stereocenters. The van der Waals surface area contributed by atoms with Crippen LogP contribution in [0.2, 0.25) is 0 Å². The number of fused-ring (bicyclic) bond motifs is 2. The third-order valence-corrected chi connectivity index (χ3v) is 6.23. The molecule has 4 aromatic rings. The first-order valence-corrected chi connectivity index (χ1v) is 11.8. The lowest BCUT2D eigenvalue weighted by molar-refractivity contribution is -0.128. The van der Waals surface area contributed by atoms with Crippen molar-refractivity contribution >= 4 is 49.6 Å². The van der Waals surface area contributed by atoms with Crippen LogP contribution in [0.25, 0.3) is 21.5 Å². The maximum atomic E-state index is 12.9. The van der Waals surface area contributed by atoms with E-state index in [1.165, 1.54) is 0 Å². The lowest BCUT2D eigenvalue weighted by Gasteiger charge is -2.17. The Morgan fingerprint density at radius 3 is 2.35 bits per heavy atom. The molecular formula is C28H25BrN2O3. The van der Waals surface area contributed by atoms with E-state index in [1.54, 1.807) is 12.3 Å². The Morgan fingerprint density at radius 2 is 1.65 bits per heavy atom. The van der Waals surface area contributed by atoms with E-state index in [2.05, 4.69) is 33.0 Å². The molecule has 0 fully saturated rings. The van der Waals surface area contributed by atoms with Gasteiger partial charge in [0.2, 0.25) is 0 Å². The lowest BCUT2D eigenvalue weighted by Crippen LogP contribution is -2.35. The highest BCUT2D eigenvalue weighted by Gasteiger charge is 2.20. The summed E-state index contributed by atoms with van der Waals surface area (Å²) in [5.74, 6) is 0.950. The van der Waals surface area contributed by atoms with Crippen molar-refractivity contribution in [2.75, 3.05) is 6.61 Å². The molecule has 0 aliphatic rings.